The van der Waals surface area contributed by atoms with Crippen LogP contribution in [0.15, 0.2) is 18.2 Å². The lowest BCUT2D eigenvalue weighted by atomic mass is 9.99. The molecule has 0 unspecified atom stereocenters. The van der Waals surface area contributed by atoms with Crippen molar-refractivity contribution in [2.75, 3.05) is 19.7 Å². The molecule has 2 rings (SSSR count). The molecule has 1 saturated heterocycles. The summed E-state index contributed by atoms with van der Waals surface area (Å²) < 4.78 is 5.75. The van der Waals surface area contributed by atoms with Gasteiger partial charge in [0.1, 0.15) is 5.75 Å². The molecule has 1 aromatic carbocycles. The second kappa shape index (κ2) is 6.78. The van der Waals surface area contributed by atoms with Crippen molar-refractivity contribution < 1.29 is 9.53 Å². The van der Waals surface area contributed by atoms with E-state index in [1.54, 1.807) is 0 Å². The molecule has 1 aromatic rings. The highest BCUT2D eigenvalue weighted by Crippen LogP contribution is 2.21. The number of likely N-dealkylation sites (tertiary alicyclic amines) is 1. The summed E-state index contributed by atoms with van der Waals surface area (Å²) in [5.41, 5.74) is 2.38. The molecule has 0 N–H and O–H groups in total. The van der Waals surface area contributed by atoms with Gasteiger partial charge in [-0.1, -0.05) is 19.1 Å². The maximum Gasteiger partial charge on any atom is 0.225 e. The van der Waals surface area contributed by atoms with Gasteiger partial charge in [0.15, 0.2) is 0 Å². The largest absolute Gasteiger partial charge is 0.493 e. The van der Waals surface area contributed by atoms with Crippen molar-refractivity contribution in [3.05, 3.63) is 29.3 Å². The minimum absolute atomic E-state index is 0.224. The summed E-state index contributed by atoms with van der Waals surface area (Å²) in [4.78, 5) is 14.1. The molecule has 20 heavy (non-hydrogen) atoms. The highest BCUT2D eigenvalue weighted by atomic mass is 16.5. The summed E-state index contributed by atoms with van der Waals surface area (Å²) in [7, 11) is 0. The van der Waals surface area contributed by atoms with E-state index in [0.29, 0.717) is 13.0 Å². The van der Waals surface area contributed by atoms with E-state index in [0.717, 1.165) is 43.2 Å². The van der Waals surface area contributed by atoms with E-state index in [4.69, 9.17) is 4.74 Å². The van der Waals surface area contributed by atoms with Crippen molar-refractivity contribution in [1.82, 2.24) is 4.90 Å². The third-order valence-electron chi connectivity index (χ3n) is 4.26. The lowest BCUT2D eigenvalue weighted by molar-refractivity contribution is -0.133. The molecular weight excluding hydrogens is 250 g/mol. The molecule has 0 bridgehead atoms. The fraction of sp³-hybridized carbons (Fsp3) is 0.588. The standard InChI is InChI=1S/C17H25NO2/c1-13-7-10-18(11-8-13)17(19)9-12-20-16-6-4-5-14(2)15(16)3/h4-6,13H,7-12H2,1-3H3. The van der Waals surface area contributed by atoms with Crippen molar-refractivity contribution in [3.8, 4) is 5.75 Å². The number of ether oxygens (including phenoxy) is 1. The molecule has 3 heteroatoms. The number of carbonyl (C=O) groups excluding carboxylic acids is 1. The SMILES string of the molecule is Cc1cccc(OCCC(=O)N2CCC(C)CC2)c1C. The topological polar surface area (TPSA) is 29.5 Å². The van der Waals surface area contributed by atoms with Crippen LogP contribution < -0.4 is 4.74 Å². The second-order valence-corrected chi connectivity index (χ2v) is 5.86. The smallest absolute Gasteiger partial charge is 0.225 e. The summed E-state index contributed by atoms with van der Waals surface area (Å²) in [6.07, 6.45) is 2.73. The predicted octanol–water partition coefficient (Wildman–Crippen LogP) is 3.33. The van der Waals surface area contributed by atoms with Crippen LogP contribution >= 0.6 is 0 Å². The third-order valence-corrected chi connectivity index (χ3v) is 4.26. The summed E-state index contributed by atoms with van der Waals surface area (Å²) in [5, 5.41) is 0. The van der Waals surface area contributed by atoms with Gasteiger partial charge in [-0.3, -0.25) is 4.79 Å². The summed E-state index contributed by atoms with van der Waals surface area (Å²) in [5.74, 6) is 1.87. The van der Waals surface area contributed by atoms with Crippen LogP contribution in [0, 0.1) is 19.8 Å². The van der Waals surface area contributed by atoms with Crippen LogP contribution in [0.3, 0.4) is 0 Å². The number of carbonyl (C=O) groups is 1. The van der Waals surface area contributed by atoms with Crippen molar-refractivity contribution in [3.63, 3.8) is 0 Å². The minimum Gasteiger partial charge on any atom is -0.493 e. The molecule has 1 aliphatic heterocycles. The monoisotopic (exact) mass is 275 g/mol. The highest BCUT2D eigenvalue weighted by molar-refractivity contribution is 5.76. The number of piperidine rings is 1. The molecule has 3 nitrogen and oxygen atoms in total. The lowest BCUT2D eigenvalue weighted by Gasteiger charge is -2.30. The van der Waals surface area contributed by atoms with Gasteiger partial charge in [-0.2, -0.15) is 0 Å². The van der Waals surface area contributed by atoms with E-state index in [1.165, 1.54) is 5.56 Å². The van der Waals surface area contributed by atoms with Gasteiger partial charge in [0.2, 0.25) is 5.91 Å². The lowest BCUT2D eigenvalue weighted by Crippen LogP contribution is -2.38. The van der Waals surface area contributed by atoms with Crippen LogP contribution in [0.2, 0.25) is 0 Å². The van der Waals surface area contributed by atoms with Gasteiger partial charge in [-0.15, -0.1) is 0 Å². The van der Waals surface area contributed by atoms with Gasteiger partial charge in [0.05, 0.1) is 13.0 Å². The Morgan fingerprint density at radius 1 is 1.30 bits per heavy atom. The molecule has 0 aromatic heterocycles. The molecule has 0 spiro atoms. The Hall–Kier alpha value is -1.51. The first kappa shape index (κ1) is 14.9. The van der Waals surface area contributed by atoms with Crippen molar-refractivity contribution in [1.29, 1.82) is 0 Å². The first-order chi connectivity index (χ1) is 9.58. The fourth-order valence-electron chi connectivity index (χ4n) is 2.54. The van der Waals surface area contributed by atoms with E-state index in [9.17, 15) is 4.79 Å². The van der Waals surface area contributed by atoms with Gasteiger partial charge < -0.3 is 9.64 Å². The van der Waals surface area contributed by atoms with E-state index in [-0.39, 0.29) is 5.91 Å². The molecule has 0 radical (unpaired) electrons. The summed E-state index contributed by atoms with van der Waals surface area (Å²) in [6.45, 7) is 8.66. The number of hydrogen-bond acceptors (Lipinski definition) is 2. The molecule has 0 saturated carbocycles. The van der Waals surface area contributed by atoms with E-state index < -0.39 is 0 Å². The minimum atomic E-state index is 0.224. The average molecular weight is 275 g/mol. The molecule has 1 heterocycles. The Kier molecular flexibility index (Phi) is 5.05. The van der Waals surface area contributed by atoms with E-state index >= 15 is 0 Å². The van der Waals surface area contributed by atoms with Gasteiger partial charge in [0, 0.05) is 13.1 Å². The Labute approximate surface area is 121 Å². The van der Waals surface area contributed by atoms with Crippen molar-refractivity contribution >= 4 is 5.91 Å². The highest BCUT2D eigenvalue weighted by Gasteiger charge is 2.19. The first-order valence-corrected chi connectivity index (χ1v) is 7.54. The zero-order valence-corrected chi connectivity index (χ0v) is 12.8. The Morgan fingerprint density at radius 2 is 2.00 bits per heavy atom. The van der Waals surface area contributed by atoms with E-state index in [2.05, 4.69) is 26.8 Å². The second-order valence-electron chi connectivity index (χ2n) is 5.86. The number of rotatable bonds is 4. The summed E-state index contributed by atoms with van der Waals surface area (Å²) >= 11 is 0. The zero-order valence-electron chi connectivity index (χ0n) is 12.8. The normalized spacial score (nSPS) is 16.2. The van der Waals surface area contributed by atoms with Gasteiger partial charge in [-0.05, 0) is 49.8 Å². The fourth-order valence-corrected chi connectivity index (χ4v) is 2.54. The Balaban J connectivity index is 1.78. The van der Waals surface area contributed by atoms with Crippen LogP contribution in [0.1, 0.15) is 37.3 Å². The number of hydrogen-bond donors (Lipinski definition) is 0. The van der Waals surface area contributed by atoms with Crippen LogP contribution in [-0.4, -0.2) is 30.5 Å². The van der Waals surface area contributed by atoms with Gasteiger partial charge >= 0.3 is 0 Å². The van der Waals surface area contributed by atoms with Crippen molar-refractivity contribution in [2.24, 2.45) is 5.92 Å². The molecule has 0 aliphatic carbocycles. The van der Waals surface area contributed by atoms with Crippen molar-refractivity contribution in [2.45, 2.75) is 40.0 Å². The average Bonchev–Trinajstić information content (AvgIpc) is 2.44. The maximum absolute atomic E-state index is 12.1. The molecule has 0 atom stereocenters. The predicted molar refractivity (Wildman–Crippen MR) is 81.0 cm³/mol. The number of amides is 1. The van der Waals surface area contributed by atoms with Gasteiger partial charge in [0.25, 0.3) is 0 Å². The maximum atomic E-state index is 12.1. The van der Waals surface area contributed by atoms with Crippen LogP contribution in [0.25, 0.3) is 0 Å². The zero-order chi connectivity index (χ0) is 14.5. The van der Waals surface area contributed by atoms with Crippen LogP contribution in [0.4, 0.5) is 0 Å². The first-order valence-electron chi connectivity index (χ1n) is 7.54. The molecular formula is C17H25NO2. The summed E-state index contributed by atoms with van der Waals surface area (Å²) in [6, 6.07) is 6.03. The Bertz CT molecular complexity index is 462. The van der Waals surface area contributed by atoms with Crippen LogP contribution in [-0.2, 0) is 4.79 Å². The number of aryl methyl sites for hydroxylation is 1. The molecule has 1 fully saturated rings. The number of benzene rings is 1. The Morgan fingerprint density at radius 3 is 2.70 bits per heavy atom. The third kappa shape index (κ3) is 3.75. The quantitative estimate of drug-likeness (QED) is 0.843. The number of nitrogens with zero attached hydrogens (tertiary/aromatic N) is 1. The molecule has 110 valence electrons. The van der Waals surface area contributed by atoms with E-state index in [1.807, 2.05) is 17.0 Å². The van der Waals surface area contributed by atoms with Gasteiger partial charge in [-0.25, -0.2) is 0 Å². The van der Waals surface area contributed by atoms with Crippen LogP contribution in [0.5, 0.6) is 5.75 Å². The molecule has 1 aliphatic rings. The molecule has 1 amide bonds.